The first kappa shape index (κ1) is 16.9. The lowest BCUT2D eigenvalue weighted by atomic mass is 10.1. The summed E-state index contributed by atoms with van der Waals surface area (Å²) in [4.78, 5) is 26.6. The minimum Gasteiger partial charge on any atom is -0.312 e. The van der Waals surface area contributed by atoms with Crippen LogP contribution in [0.3, 0.4) is 0 Å². The van der Waals surface area contributed by atoms with E-state index >= 15 is 0 Å². The van der Waals surface area contributed by atoms with E-state index in [0.717, 1.165) is 34.3 Å². The van der Waals surface area contributed by atoms with Crippen LogP contribution in [0.5, 0.6) is 0 Å². The second-order valence-electron chi connectivity index (χ2n) is 6.79. The van der Waals surface area contributed by atoms with Crippen molar-refractivity contribution in [2.45, 2.75) is 19.3 Å². The molecule has 0 saturated heterocycles. The van der Waals surface area contributed by atoms with Crippen LogP contribution in [0.2, 0.25) is 5.02 Å². The number of aromatic nitrogens is 2. The van der Waals surface area contributed by atoms with Gasteiger partial charge in [-0.15, -0.1) is 0 Å². The van der Waals surface area contributed by atoms with Crippen LogP contribution in [-0.4, -0.2) is 21.6 Å². The van der Waals surface area contributed by atoms with Crippen LogP contribution >= 0.6 is 11.6 Å². The number of fused-ring (bicyclic) bond motifs is 2. The van der Waals surface area contributed by atoms with E-state index in [2.05, 4.69) is 0 Å². The third-order valence-electron chi connectivity index (χ3n) is 5.20. The second kappa shape index (κ2) is 6.32. The highest BCUT2D eigenvalue weighted by Crippen LogP contribution is 2.31. The molecule has 0 atom stereocenters. The summed E-state index contributed by atoms with van der Waals surface area (Å²) < 4.78 is 3.28. The zero-order valence-electron chi connectivity index (χ0n) is 14.8. The SMILES string of the molecule is Cn1c(=O)n(C)c2cc(CCC(=O)N3CCc4cc(Cl)ccc43)ccc21. The van der Waals surface area contributed by atoms with Crippen LogP contribution < -0.4 is 10.6 Å². The molecule has 0 fully saturated rings. The van der Waals surface area contributed by atoms with E-state index < -0.39 is 0 Å². The van der Waals surface area contributed by atoms with E-state index in [1.807, 2.05) is 41.3 Å². The van der Waals surface area contributed by atoms with Crippen molar-refractivity contribution in [3.8, 4) is 0 Å². The van der Waals surface area contributed by atoms with Crippen LogP contribution in [0.1, 0.15) is 17.5 Å². The Labute approximate surface area is 156 Å². The maximum atomic E-state index is 12.7. The molecule has 1 aliphatic rings. The average Bonchev–Trinajstić information content (AvgIpc) is 3.15. The quantitative estimate of drug-likeness (QED) is 0.712. The first-order valence-corrected chi connectivity index (χ1v) is 9.06. The molecule has 0 aliphatic carbocycles. The summed E-state index contributed by atoms with van der Waals surface area (Å²) in [6.45, 7) is 0.709. The van der Waals surface area contributed by atoms with E-state index in [9.17, 15) is 9.59 Å². The smallest absolute Gasteiger partial charge is 0.312 e. The van der Waals surface area contributed by atoms with Crippen LogP contribution in [0.4, 0.5) is 5.69 Å². The standard InChI is InChI=1S/C20H20ClN3O2/c1-22-17-6-3-13(11-18(17)23(2)20(22)26)4-8-19(25)24-10-9-14-12-15(21)5-7-16(14)24/h3,5-7,11-12H,4,8-10H2,1-2H3. The number of rotatable bonds is 3. The molecule has 2 heterocycles. The molecule has 0 radical (unpaired) electrons. The molecule has 0 N–H and O–H groups in total. The summed E-state index contributed by atoms with van der Waals surface area (Å²) >= 11 is 6.04. The molecule has 0 bridgehead atoms. The number of aryl methyl sites for hydroxylation is 3. The first-order chi connectivity index (χ1) is 12.5. The molecule has 4 rings (SSSR count). The number of halogens is 1. The van der Waals surface area contributed by atoms with Gasteiger partial charge >= 0.3 is 5.69 Å². The largest absolute Gasteiger partial charge is 0.328 e. The summed E-state index contributed by atoms with van der Waals surface area (Å²) in [5, 5.41) is 0.708. The molecule has 2 aromatic carbocycles. The zero-order valence-corrected chi connectivity index (χ0v) is 15.6. The molecule has 134 valence electrons. The molecule has 0 saturated carbocycles. The third kappa shape index (κ3) is 2.72. The molecular formula is C20H20ClN3O2. The molecule has 0 unspecified atom stereocenters. The van der Waals surface area contributed by atoms with Crippen LogP contribution in [-0.2, 0) is 31.7 Å². The molecule has 3 aromatic rings. The van der Waals surface area contributed by atoms with Gasteiger partial charge in [-0.25, -0.2) is 4.79 Å². The van der Waals surface area contributed by atoms with Gasteiger partial charge in [0, 0.05) is 37.8 Å². The van der Waals surface area contributed by atoms with E-state index in [1.54, 1.807) is 23.2 Å². The Balaban J connectivity index is 1.51. The summed E-state index contributed by atoms with van der Waals surface area (Å²) in [5.41, 5.74) is 4.91. The molecular weight excluding hydrogens is 350 g/mol. The lowest BCUT2D eigenvalue weighted by Crippen LogP contribution is -2.29. The van der Waals surface area contributed by atoms with E-state index in [4.69, 9.17) is 11.6 Å². The minimum absolute atomic E-state index is 0.0411. The monoisotopic (exact) mass is 369 g/mol. The Morgan fingerprint density at radius 1 is 1.08 bits per heavy atom. The lowest BCUT2D eigenvalue weighted by molar-refractivity contribution is -0.118. The summed E-state index contributed by atoms with van der Waals surface area (Å²) in [6.07, 6.45) is 1.94. The number of carbonyl (C=O) groups is 1. The summed E-state index contributed by atoms with van der Waals surface area (Å²) in [5.74, 6) is 0.119. The number of benzene rings is 2. The molecule has 1 aliphatic heterocycles. The number of nitrogens with zero attached hydrogens (tertiary/aromatic N) is 3. The highest BCUT2D eigenvalue weighted by Gasteiger charge is 2.24. The van der Waals surface area contributed by atoms with Gasteiger partial charge in [-0.05, 0) is 54.3 Å². The van der Waals surface area contributed by atoms with Crippen molar-refractivity contribution < 1.29 is 4.79 Å². The van der Waals surface area contributed by atoms with Crippen molar-refractivity contribution in [2.24, 2.45) is 14.1 Å². The van der Waals surface area contributed by atoms with Crippen molar-refractivity contribution in [2.75, 3.05) is 11.4 Å². The highest BCUT2D eigenvalue weighted by molar-refractivity contribution is 6.30. The lowest BCUT2D eigenvalue weighted by Gasteiger charge is -2.17. The van der Waals surface area contributed by atoms with Crippen molar-refractivity contribution >= 4 is 34.2 Å². The number of imidazole rings is 1. The van der Waals surface area contributed by atoms with Gasteiger partial charge in [0.15, 0.2) is 0 Å². The minimum atomic E-state index is -0.0411. The Morgan fingerprint density at radius 2 is 1.85 bits per heavy atom. The van der Waals surface area contributed by atoms with Gasteiger partial charge in [-0.3, -0.25) is 13.9 Å². The van der Waals surface area contributed by atoms with Gasteiger partial charge in [-0.1, -0.05) is 17.7 Å². The summed E-state index contributed by atoms with van der Waals surface area (Å²) in [6, 6.07) is 11.6. The van der Waals surface area contributed by atoms with Crippen molar-refractivity contribution in [1.29, 1.82) is 0 Å². The van der Waals surface area contributed by atoms with Gasteiger partial charge in [0.1, 0.15) is 0 Å². The van der Waals surface area contributed by atoms with Crippen molar-refractivity contribution in [3.63, 3.8) is 0 Å². The van der Waals surface area contributed by atoms with Gasteiger partial charge < -0.3 is 4.90 Å². The van der Waals surface area contributed by atoms with Crippen LogP contribution in [0.25, 0.3) is 11.0 Å². The van der Waals surface area contributed by atoms with E-state index in [1.165, 1.54) is 0 Å². The van der Waals surface area contributed by atoms with E-state index in [0.29, 0.717) is 24.4 Å². The number of hydrogen-bond acceptors (Lipinski definition) is 2. The first-order valence-electron chi connectivity index (χ1n) is 8.69. The maximum absolute atomic E-state index is 12.7. The zero-order chi connectivity index (χ0) is 18.4. The van der Waals surface area contributed by atoms with Crippen molar-refractivity contribution in [3.05, 3.63) is 63.0 Å². The Bertz CT molecular complexity index is 1080. The fraction of sp³-hybridized carbons (Fsp3) is 0.300. The van der Waals surface area contributed by atoms with Gasteiger partial charge in [0.05, 0.1) is 11.0 Å². The third-order valence-corrected chi connectivity index (χ3v) is 5.44. The number of hydrogen-bond donors (Lipinski definition) is 0. The number of carbonyl (C=O) groups excluding carboxylic acids is 1. The van der Waals surface area contributed by atoms with Gasteiger partial charge in [0.25, 0.3) is 0 Å². The Hall–Kier alpha value is -2.53. The molecule has 6 heteroatoms. The fourth-order valence-corrected chi connectivity index (χ4v) is 3.92. The molecule has 1 amide bonds. The number of anilines is 1. The molecule has 5 nitrogen and oxygen atoms in total. The van der Waals surface area contributed by atoms with Crippen LogP contribution in [0, 0.1) is 0 Å². The Morgan fingerprint density at radius 3 is 2.65 bits per heavy atom. The van der Waals surface area contributed by atoms with Gasteiger partial charge in [-0.2, -0.15) is 0 Å². The average molecular weight is 370 g/mol. The predicted molar refractivity (Wildman–Crippen MR) is 104 cm³/mol. The van der Waals surface area contributed by atoms with E-state index in [-0.39, 0.29) is 11.6 Å². The van der Waals surface area contributed by atoms with Crippen molar-refractivity contribution in [1.82, 2.24) is 9.13 Å². The van der Waals surface area contributed by atoms with Gasteiger partial charge in [0.2, 0.25) is 5.91 Å². The van der Waals surface area contributed by atoms with Crippen LogP contribution in [0.15, 0.2) is 41.2 Å². The normalized spacial score (nSPS) is 13.4. The molecule has 1 aromatic heterocycles. The molecule has 0 spiro atoms. The molecule has 26 heavy (non-hydrogen) atoms. The summed E-state index contributed by atoms with van der Waals surface area (Å²) in [7, 11) is 3.54. The second-order valence-corrected chi connectivity index (χ2v) is 7.23. The Kier molecular flexibility index (Phi) is 4.11. The topological polar surface area (TPSA) is 47.2 Å². The fourth-order valence-electron chi connectivity index (χ4n) is 3.72. The maximum Gasteiger partial charge on any atom is 0.328 e. The number of amides is 1. The highest BCUT2D eigenvalue weighted by atomic mass is 35.5. The predicted octanol–water partition coefficient (Wildman–Crippen LogP) is 3.05.